The SMILES string of the molecule is CSc1ccc(C(=O)C2CN(C(=O)N3CCCC3)CC2c2cc(C)c(OC(C)(C)C(=O)O)c(C)c2)cc1. The Morgan fingerprint density at radius 1 is 0.973 bits per heavy atom. The Morgan fingerprint density at radius 3 is 2.11 bits per heavy atom. The molecule has 2 amide bonds. The number of hydrogen-bond donors (Lipinski definition) is 1. The molecule has 2 aliphatic rings. The molecule has 2 heterocycles. The lowest BCUT2D eigenvalue weighted by atomic mass is 9.82. The number of aryl methyl sites for hydroxylation is 2. The molecular formula is C29H36N2O5S. The summed E-state index contributed by atoms with van der Waals surface area (Å²) in [5, 5.41) is 9.51. The summed E-state index contributed by atoms with van der Waals surface area (Å²) in [7, 11) is 0. The second-order valence-electron chi connectivity index (χ2n) is 10.6. The molecule has 4 rings (SSSR count). The highest BCUT2D eigenvalue weighted by Crippen LogP contribution is 2.39. The van der Waals surface area contributed by atoms with Crippen molar-refractivity contribution < 1.29 is 24.2 Å². The quantitative estimate of drug-likeness (QED) is 0.387. The topological polar surface area (TPSA) is 87.2 Å². The number of carboxylic acids is 1. The van der Waals surface area contributed by atoms with Gasteiger partial charge in [0.25, 0.3) is 0 Å². The van der Waals surface area contributed by atoms with E-state index in [1.807, 2.05) is 66.3 Å². The molecule has 2 fully saturated rings. The van der Waals surface area contributed by atoms with E-state index in [9.17, 15) is 19.5 Å². The van der Waals surface area contributed by atoms with Gasteiger partial charge in [-0.15, -0.1) is 11.8 Å². The van der Waals surface area contributed by atoms with E-state index < -0.39 is 11.6 Å². The van der Waals surface area contributed by atoms with E-state index in [1.165, 1.54) is 13.8 Å². The van der Waals surface area contributed by atoms with Gasteiger partial charge in [-0.05, 0) is 75.6 Å². The Morgan fingerprint density at radius 2 is 1.57 bits per heavy atom. The molecule has 8 heteroatoms. The average Bonchev–Trinajstić information content (AvgIpc) is 3.56. The summed E-state index contributed by atoms with van der Waals surface area (Å²) in [5.74, 6) is -1.00. The first-order valence-corrected chi connectivity index (χ1v) is 14.0. The molecule has 0 radical (unpaired) electrons. The molecule has 198 valence electrons. The van der Waals surface area contributed by atoms with Crippen LogP contribution in [0.4, 0.5) is 4.79 Å². The Bertz CT molecular complexity index is 1160. The maximum Gasteiger partial charge on any atom is 0.347 e. The summed E-state index contributed by atoms with van der Waals surface area (Å²) < 4.78 is 5.90. The van der Waals surface area contributed by atoms with Crippen LogP contribution in [0.25, 0.3) is 0 Å². The molecular weight excluding hydrogens is 488 g/mol. The summed E-state index contributed by atoms with van der Waals surface area (Å²) in [5.41, 5.74) is 1.87. The number of nitrogens with zero attached hydrogens (tertiary/aromatic N) is 2. The highest BCUT2D eigenvalue weighted by atomic mass is 32.2. The number of benzene rings is 2. The number of Topliss-reactive ketones (excluding diaryl/α,β-unsaturated/α-hetero) is 1. The molecule has 1 N–H and O–H groups in total. The lowest BCUT2D eigenvalue weighted by molar-refractivity contribution is -0.152. The number of amides is 2. The number of carbonyl (C=O) groups is 3. The van der Waals surface area contributed by atoms with E-state index in [0.29, 0.717) is 24.4 Å². The molecule has 37 heavy (non-hydrogen) atoms. The first-order valence-electron chi connectivity index (χ1n) is 12.8. The lowest BCUT2D eigenvalue weighted by Crippen LogP contribution is -2.40. The number of rotatable bonds is 7. The van der Waals surface area contributed by atoms with Gasteiger partial charge in [0.2, 0.25) is 0 Å². The van der Waals surface area contributed by atoms with Crippen LogP contribution in [0, 0.1) is 19.8 Å². The summed E-state index contributed by atoms with van der Waals surface area (Å²) in [6.07, 6.45) is 4.03. The van der Waals surface area contributed by atoms with E-state index in [-0.39, 0.29) is 23.7 Å². The third kappa shape index (κ3) is 5.64. The zero-order valence-electron chi connectivity index (χ0n) is 22.2. The number of carbonyl (C=O) groups excluding carboxylic acids is 2. The predicted molar refractivity (Wildman–Crippen MR) is 145 cm³/mol. The normalized spacial score (nSPS) is 19.8. The van der Waals surface area contributed by atoms with Gasteiger partial charge < -0.3 is 19.6 Å². The van der Waals surface area contributed by atoms with Crippen LogP contribution >= 0.6 is 11.8 Å². The molecule has 2 unspecified atom stereocenters. The highest BCUT2D eigenvalue weighted by Gasteiger charge is 2.42. The van der Waals surface area contributed by atoms with Crippen LogP contribution in [0.2, 0.25) is 0 Å². The second kappa shape index (κ2) is 10.8. The van der Waals surface area contributed by atoms with Crippen LogP contribution in [0.3, 0.4) is 0 Å². The number of ether oxygens (including phenoxy) is 1. The van der Waals surface area contributed by atoms with Gasteiger partial charge in [0.05, 0.1) is 0 Å². The van der Waals surface area contributed by atoms with E-state index in [2.05, 4.69) is 0 Å². The molecule has 0 saturated carbocycles. The van der Waals surface area contributed by atoms with E-state index in [0.717, 1.165) is 47.5 Å². The molecule has 2 saturated heterocycles. The third-order valence-corrected chi connectivity index (χ3v) is 8.20. The van der Waals surface area contributed by atoms with Crippen LogP contribution in [0.5, 0.6) is 5.75 Å². The second-order valence-corrected chi connectivity index (χ2v) is 11.5. The van der Waals surface area contributed by atoms with E-state index in [1.54, 1.807) is 11.8 Å². The van der Waals surface area contributed by atoms with Crippen LogP contribution in [-0.4, -0.2) is 70.7 Å². The van der Waals surface area contributed by atoms with Gasteiger partial charge in [-0.25, -0.2) is 9.59 Å². The fourth-order valence-corrected chi connectivity index (χ4v) is 5.71. The lowest BCUT2D eigenvalue weighted by Gasteiger charge is -2.26. The van der Waals surface area contributed by atoms with Crippen molar-refractivity contribution in [3.05, 3.63) is 58.7 Å². The fourth-order valence-electron chi connectivity index (χ4n) is 5.30. The first-order chi connectivity index (χ1) is 17.5. The summed E-state index contributed by atoms with van der Waals surface area (Å²) in [6, 6.07) is 11.6. The molecule has 0 aliphatic carbocycles. The average molecular weight is 525 g/mol. The molecule has 0 aromatic heterocycles. The molecule has 2 aliphatic heterocycles. The minimum Gasteiger partial charge on any atom is -0.478 e. The number of carboxylic acid groups (broad SMARTS) is 1. The van der Waals surface area contributed by atoms with Crippen molar-refractivity contribution in [2.45, 2.75) is 57.0 Å². The molecule has 2 aromatic rings. The van der Waals surface area contributed by atoms with Crippen LogP contribution < -0.4 is 4.74 Å². The Labute approximate surface area is 223 Å². The minimum atomic E-state index is -1.37. The zero-order chi connectivity index (χ0) is 26.9. The third-order valence-electron chi connectivity index (χ3n) is 7.46. The van der Waals surface area contributed by atoms with Gasteiger partial charge in [-0.2, -0.15) is 0 Å². The largest absolute Gasteiger partial charge is 0.478 e. The monoisotopic (exact) mass is 524 g/mol. The number of ketones is 1. The summed E-state index contributed by atoms with van der Waals surface area (Å²) in [4.78, 5) is 43.5. The molecule has 0 bridgehead atoms. The molecule has 0 spiro atoms. The molecule has 2 aromatic carbocycles. The summed E-state index contributed by atoms with van der Waals surface area (Å²) >= 11 is 1.63. The van der Waals surface area contributed by atoms with Crippen molar-refractivity contribution in [2.24, 2.45) is 5.92 Å². The standard InChI is InChI=1S/C29H36N2O5S/c1-18-14-21(15-19(2)26(18)36-29(3,4)27(33)34)23-16-31(28(35)30-12-6-7-13-30)17-24(23)25(32)20-8-10-22(37-5)11-9-20/h8-11,14-15,23-24H,6-7,12-13,16-17H2,1-5H3,(H,33,34). The number of thioether (sulfide) groups is 1. The van der Waals surface area contributed by atoms with Crippen molar-refractivity contribution in [3.63, 3.8) is 0 Å². The first kappa shape index (κ1) is 27.0. The smallest absolute Gasteiger partial charge is 0.347 e. The van der Waals surface area contributed by atoms with Crippen molar-refractivity contribution in [2.75, 3.05) is 32.4 Å². The predicted octanol–water partition coefficient (Wildman–Crippen LogP) is 5.38. The number of aliphatic carboxylic acids is 1. The van der Waals surface area contributed by atoms with Gasteiger partial charge >= 0.3 is 12.0 Å². The number of urea groups is 1. The van der Waals surface area contributed by atoms with E-state index >= 15 is 0 Å². The van der Waals surface area contributed by atoms with Crippen LogP contribution in [-0.2, 0) is 4.79 Å². The van der Waals surface area contributed by atoms with Crippen molar-refractivity contribution in [1.29, 1.82) is 0 Å². The Balaban J connectivity index is 1.67. The van der Waals surface area contributed by atoms with Gasteiger partial charge in [0.1, 0.15) is 5.75 Å². The highest BCUT2D eigenvalue weighted by molar-refractivity contribution is 7.98. The molecule has 7 nitrogen and oxygen atoms in total. The van der Waals surface area contributed by atoms with E-state index in [4.69, 9.17) is 4.74 Å². The van der Waals surface area contributed by atoms with Gasteiger partial charge in [-0.3, -0.25) is 4.79 Å². The van der Waals surface area contributed by atoms with Gasteiger partial charge in [-0.1, -0.05) is 24.3 Å². The molecule has 2 atom stereocenters. The summed E-state index contributed by atoms with van der Waals surface area (Å²) in [6.45, 7) is 9.21. The Hall–Kier alpha value is -3.00. The van der Waals surface area contributed by atoms with Crippen LogP contribution in [0.1, 0.15) is 59.7 Å². The maximum absolute atomic E-state index is 13.8. The van der Waals surface area contributed by atoms with Crippen molar-refractivity contribution in [1.82, 2.24) is 9.80 Å². The number of likely N-dealkylation sites (tertiary alicyclic amines) is 2. The van der Waals surface area contributed by atoms with Gasteiger partial charge in [0, 0.05) is 48.5 Å². The van der Waals surface area contributed by atoms with Crippen LogP contribution in [0.15, 0.2) is 41.3 Å². The van der Waals surface area contributed by atoms with Crippen molar-refractivity contribution >= 4 is 29.5 Å². The minimum absolute atomic E-state index is 0.00661. The zero-order valence-corrected chi connectivity index (χ0v) is 23.1. The van der Waals surface area contributed by atoms with Crippen molar-refractivity contribution in [3.8, 4) is 5.75 Å². The number of hydrogen-bond acceptors (Lipinski definition) is 5. The fraction of sp³-hybridized carbons (Fsp3) is 0.483. The van der Waals surface area contributed by atoms with Gasteiger partial charge in [0.15, 0.2) is 11.4 Å². The Kier molecular flexibility index (Phi) is 7.88. The maximum atomic E-state index is 13.8.